The lowest BCUT2D eigenvalue weighted by molar-refractivity contribution is 0.682. The van der Waals surface area contributed by atoms with Crippen molar-refractivity contribution in [2.24, 2.45) is 5.73 Å². The summed E-state index contributed by atoms with van der Waals surface area (Å²) in [6.07, 6.45) is 0. The van der Waals surface area contributed by atoms with Crippen LogP contribution in [0.4, 0.5) is 5.69 Å². The monoisotopic (exact) mass is 254 g/mol. The molecule has 2 N–H and O–H groups in total. The van der Waals surface area contributed by atoms with Crippen molar-refractivity contribution in [3.8, 4) is 0 Å². The third kappa shape index (κ3) is 3.58. The van der Waals surface area contributed by atoms with E-state index in [1.165, 1.54) is 16.8 Å². The zero-order valence-electron chi connectivity index (χ0n) is 11.7. The van der Waals surface area contributed by atoms with Gasteiger partial charge in [0.2, 0.25) is 0 Å². The fourth-order valence-corrected chi connectivity index (χ4v) is 2.21. The Morgan fingerprint density at radius 1 is 0.947 bits per heavy atom. The van der Waals surface area contributed by atoms with Crippen LogP contribution in [0.15, 0.2) is 54.6 Å². The van der Waals surface area contributed by atoms with Gasteiger partial charge in [0.1, 0.15) is 0 Å². The first-order chi connectivity index (χ1) is 9.20. The molecule has 0 aliphatic heterocycles. The van der Waals surface area contributed by atoms with E-state index in [-0.39, 0.29) is 0 Å². The van der Waals surface area contributed by atoms with Crippen molar-refractivity contribution >= 4 is 5.69 Å². The molecule has 0 aromatic heterocycles. The molecular weight excluding hydrogens is 232 g/mol. The molecule has 0 amide bonds. The maximum absolute atomic E-state index is 5.73. The van der Waals surface area contributed by atoms with Crippen LogP contribution in [0.3, 0.4) is 0 Å². The molecule has 2 aromatic rings. The number of hydrogen-bond acceptors (Lipinski definition) is 2. The highest BCUT2D eigenvalue weighted by molar-refractivity contribution is 5.50. The second kappa shape index (κ2) is 6.39. The summed E-state index contributed by atoms with van der Waals surface area (Å²) in [7, 11) is 0. The Morgan fingerprint density at radius 3 is 2.26 bits per heavy atom. The quantitative estimate of drug-likeness (QED) is 0.884. The number of rotatable bonds is 5. The van der Waals surface area contributed by atoms with Gasteiger partial charge in [-0.3, -0.25) is 0 Å². The standard InChI is InChI=1S/C17H22N2/c1-14(2)19(13-15-7-4-3-5-8-15)17-10-6-9-16(11-17)12-18/h3-11,14H,12-13,18H2,1-2H3. The van der Waals surface area contributed by atoms with Crippen LogP contribution < -0.4 is 10.6 Å². The first-order valence-corrected chi connectivity index (χ1v) is 6.80. The molecule has 0 atom stereocenters. The lowest BCUT2D eigenvalue weighted by Crippen LogP contribution is -2.30. The number of nitrogens with two attached hydrogens (primary N) is 1. The van der Waals surface area contributed by atoms with Crippen molar-refractivity contribution in [1.82, 2.24) is 0 Å². The number of anilines is 1. The lowest BCUT2D eigenvalue weighted by atomic mass is 10.1. The molecule has 2 heteroatoms. The van der Waals surface area contributed by atoms with Gasteiger partial charge in [0.25, 0.3) is 0 Å². The average Bonchev–Trinajstić information content (AvgIpc) is 2.45. The van der Waals surface area contributed by atoms with Gasteiger partial charge in [-0.1, -0.05) is 42.5 Å². The van der Waals surface area contributed by atoms with Crippen molar-refractivity contribution in [3.63, 3.8) is 0 Å². The molecule has 0 unspecified atom stereocenters. The topological polar surface area (TPSA) is 29.3 Å². The second-order valence-corrected chi connectivity index (χ2v) is 5.08. The number of nitrogens with zero attached hydrogens (tertiary/aromatic N) is 1. The van der Waals surface area contributed by atoms with Crippen molar-refractivity contribution in [2.75, 3.05) is 4.90 Å². The smallest absolute Gasteiger partial charge is 0.0432 e. The molecular formula is C17H22N2. The molecule has 0 aliphatic rings. The van der Waals surface area contributed by atoms with Gasteiger partial charge in [0, 0.05) is 24.8 Å². The summed E-state index contributed by atoms with van der Waals surface area (Å²) in [5.41, 5.74) is 9.47. The molecule has 0 spiro atoms. The Balaban J connectivity index is 2.24. The third-order valence-corrected chi connectivity index (χ3v) is 3.30. The van der Waals surface area contributed by atoms with Gasteiger partial charge in [-0.05, 0) is 37.1 Å². The minimum absolute atomic E-state index is 0.452. The van der Waals surface area contributed by atoms with Crippen molar-refractivity contribution in [1.29, 1.82) is 0 Å². The number of hydrogen-bond donors (Lipinski definition) is 1. The molecule has 0 radical (unpaired) electrons. The van der Waals surface area contributed by atoms with Crippen molar-refractivity contribution < 1.29 is 0 Å². The first kappa shape index (κ1) is 13.6. The van der Waals surface area contributed by atoms with Crippen LogP contribution in [0, 0.1) is 0 Å². The van der Waals surface area contributed by atoms with Crippen LogP contribution in [0.5, 0.6) is 0 Å². The van der Waals surface area contributed by atoms with E-state index in [9.17, 15) is 0 Å². The maximum atomic E-state index is 5.73. The summed E-state index contributed by atoms with van der Waals surface area (Å²) < 4.78 is 0. The minimum Gasteiger partial charge on any atom is -0.365 e. The fraction of sp³-hybridized carbons (Fsp3) is 0.294. The lowest BCUT2D eigenvalue weighted by Gasteiger charge is -2.29. The van der Waals surface area contributed by atoms with Gasteiger partial charge < -0.3 is 10.6 Å². The highest BCUT2D eigenvalue weighted by atomic mass is 15.1. The van der Waals surface area contributed by atoms with E-state index in [0.717, 1.165) is 6.54 Å². The van der Waals surface area contributed by atoms with Gasteiger partial charge in [0.05, 0.1) is 0 Å². The normalized spacial score (nSPS) is 10.7. The molecule has 0 heterocycles. The van der Waals surface area contributed by atoms with Crippen LogP contribution >= 0.6 is 0 Å². The predicted molar refractivity (Wildman–Crippen MR) is 82.1 cm³/mol. The van der Waals surface area contributed by atoms with E-state index in [0.29, 0.717) is 12.6 Å². The van der Waals surface area contributed by atoms with Crippen molar-refractivity contribution in [2.45, 2.75) is 33.0 Å². The van der Waals surface area contributed by atoms with E-state index < -0.39 is 0 Å². The summed E-state index contributed by atoms with van der Waals surface area (Å²) in [6.45, 7) is 5.95. The van der Waals surface area contributed by atoms with Gasteiger partial charge in [-0.2, -0.15) is 0 Å². The summed E-state index contributed by atoms with van der Waals surface area (Å²) >= 11 is 0. The SMILES string of the molecule is CC(C)N(Cc1ccccc1)c1cccc(CN)c1. The van der Waals surface area contributed by atoms with Gasteiger partial charge in [0.15, 0.2) is 0 Å². The Morgan fingerprint density at radius 2 is 1.63 bits per heavy atom. The van der Waals surface area contributed by atoms with Crippen LogP contribution in [0.2, 0.25) is 0 Å². The maximum Gasteiger partial charge on any atom is 0.0432 e. The molecule has 100 valence electrons. The molecule has 0 saturated heterocycles. The average molecular weight is 254 g/mol. The molecule has 2 rings (SSSR count). The van der Waals surface area contributed by atoms with Crippen LogP contribution in [-0.2, 0) is 13.1 Å². The zero-order chi connectivity index (χ0) is 13.7. The number of benzene rings is 2. The first-order valence-electron chi connectivity index (χ1n) is 6.80. The minimum atomic E-state index is 0.452. The fourth-order valence-electron chi connectivity index (χ4n) is 2.21. The van der Waals surface area contributed by atoms with Gasteiger partial charge in [-0.25, -0.2) is 0 Å². The predicted octanol–water partition coefficient (Wildman–Crippen LogP) is 3.56. The van der Waals surface area contributed by atoms with E-state index in [1.807, 2.05) is 0 Å². The van der Waals surface area contributed by atoms with E-state index in [1.54, 1.807) is 0 Å². The highest BCUT2D eigenvalue weighted by Crippen LogP contribution is 2.21. The Kier molecular flexibility index (Phi) is 4.58. The van der Waals surface area contributed by atoms with Crippen molar-refractivity contribution in [3.05, 3.63) is 65.7 Å². The molecule has 0 bridgehead atoms. The van der Waals surface area contributed by atoms with E-state index in [4.69, 9.17) is 5.73 Å². The summed E-state index contributed by atoms with van der Waals surface area (Å²) in [5, 5.41) is 0. The summed E-state index contributed by atoms with van der Waals surface area (Å²) in [4.78, 5) is 2.40. The van der Waals surface area contributed by atoms with Crippen LogP contribution in [0.25, 0.3) is 0 Å². The molecule has 0 aliphatic carbocycles. The Bertz CT molecular complexity index is 506. The highest BCUT2D eigenvalue weighted by Gasteiger charge is 2.11. The summed E-state index contributed by atoms with van der Waals surface area (Å²) in [5.74, 6) is 0. The van der Waals surface area contributed by atoms with Gasteiger partial charge in [-0.15, -0.1) is 0 Å². The Labute approximate surface area is 115 Å². The van der Waals surface area contributed by atoms with E-state index >= 15 is 0 Å². The third-order valence-electron chi connectivity index (χ3n) is 3.30. The molecule has 2 nitrogen and oxygen atoms in total. The second-order valence-electron chi connectivity index (χ2n) is 5.08. The Hall–Kier alpha value is -1.80. The molecule has 0 fully saturated rings. The van der Waals surface area contributed by atoms with Gasteiger partial charge >= 0.3 is 0 Å². The van der Waals surface area contributed by atoms with Crippen LogP contribution in [-0.4, -0.2) is 6.04 Å². The molecule has 2 aromatic carbocycles. The zero-order valence-corrected chi connectivity index (χ0v) is 11.7. The van der Waals surface area contributed by atoms with E-state index in [2.05, 4.69) is 73.3 Å². The summed E-state index contributed by atoms with van der Waals surface area (Å²) in [6, 6.07) is 19.5. The van der Waals surface area contributed by atoms with Crippen LogP contribution in [0.1, 0.15) is 25.0 Å². The largest absolute Gasteiger partial charge is 0.365 e. The molecule has 0 saturated carbocycles. The molecule has 19 heavy (non-hydrogen) atoms.